The van der Waals surface area contributed by atoms with Crippen LogP contribution in [-0.2, 0) is 0 Å². The van der Waals surface area contributed by atoms with Crippen molar-refractivity contribution in [1.82, 2.24) is 0 Å². The van der Waals surface area contributed by atoms with Gasteiger partial charge >= 0.3 is 0 Å². The first-order valence-electron chi connectivity index (χ1n) is 12.7. The van der Waals surface area contributed by atoms with E-state index in [9.17, 15) is 0 Å². The number of allylic oxidation sites excluding steroid dienone is 2. The molecule has 0 amide bonds. The molecule has 2 atom stereocenters. The van der Waals surface area contributed by atoms with Gasteiger partial charge in [-0.1, -0.05) is 88.7 Å². The Kier molecular flexibility index (Phi) is 6.79. The van der Waals surface area contributed by atoms with Crippen molar-refractivity contribution in [3.63, 3.8) is 0 Å². The number of aliphatic imine (C=N–C) groups is 2. The van der Waals surface area contributed by atoms with E-state index in [1.165, 1.54) is 44.5 Å². The van der Waals surface area contributed by atoms with Crippen LogP contribution in [0.2, 0.25) is 0 Å². The molecule has 0 saturated carbocycles. The van der Waals surface area contributed by atoms with Crippen molar-refractivity contribution in [3.8, 4) is 33.4 Å². The highest BCUT2D eigenvalue weighted by molar-refractivity contribution is 9.10. The Bertz CT molecular complexity index is 1470. The smallest absolute Gasteiger partial charge is 0.0492 e. The summed E-state index contributed by atoms with van der Waals surface area (Å²) in [4.78, 5) is 8.85. The van der Waals surface area contributed by atoms with Gasteiger partial charge in [0.25, 0.3) is 0 Å². The number of hydrogen-bond acceptors (Lipinski definition) is 2. The number of benzene rings is 4. The van der Waals surface area contributed by atoms with Crippen molar-refractivity contribution in [2.75, 3.05) is 6.54 Å². The summed E-state index contributed by atoms with van der Waals surface area (Å²) in [6, 6.07) is 33.3. The second-order valence-corrected chi connectivity index (χ2v) is 10.5. The molecule has 2 nitrogen and oxygen atoms in total. The number of halogens is 1. The summed E-state index contributed by atoms with van der Waals surface area (Å²) >= 11 is 3.66. The van der Waals surface area contributed by atoms with Gasteiger partial charge in [0, 0.05) is 41.5 Å². The summed E-state index contributed by atoms with van der Waals surface area (Å²) in [6.07, 6.45) is 13.2. The molecule has 2 aliphatic rings. The predicted octanol–water partition coefficient (Wildman–Crippen LogP) is 9.25. The molecule has 2 aliphatic heterocycles. The van der Waals surface area contributed by atoms with E-state index < -0.39 is 0 Å². The SMILES string of the molecule is Brc1cccc(-c2cc(-c3cccc(C4C=NC=CC4)c3)cc(-c3cccc(C4C=CC=NC4)c3)c2)c1. The van der Waals surface area contributed by atoms with Crippen LogP contribution in [0.3, 0.4) is 0 Å². The quantitative estimate of drug-likeness (QED) is 0.240. The fraction of sp³-hybridized carbons (Fsp3) is 0.118. The summed E-state index contributed by atoms with van der Waals surface area (Å²) in [5.74, 6) is 0.640. The first-order chi connectivity index (χ1) is 18.2. The van der Waals surface area contributed by atoms with E-state index >= 15 is 0 Å². The minimum atomic E-state index is 0.320. The molecule has 0 spiro atoms. The van der Waals surface area contributed by atoms with Crippen molar-refractivity contribution in [2.24, 2.45) is 9.98 Å². The lowest BCUT2D eigenvalue weighted by Crippen LogP contribution is -2.03. The fourth-order valence-electron chi connectivity index (χ4n) is 5.09. The molecule has 0 aliphatic carbocycles. The van der Waals surface area contributed by atoms with Gasteiger partial charge < -0.3 is 0 Å². The summed E-state index contributed by atoms with van der Waals surface area (Å²) in [5.41, 5.74) is 9.86. The van der Waals surface area contributed by atoms with Crippen LogP contribution in [0, 0.1) is 0 Å². The number of hydrogen-bond donors (Lipinski definition) is 0. The normalized spacial score (nSPS) is 18.3. The van der Waals surface area contributed by atoms with Gasteiger partial charge in [-0.2, -0.15) is 0 Å². The Hall–Kier alpha value is -3.82. The predicted molar refractivity (Wildman–Crippen MR) is 161 cm³/mol. The lowest BCUT2D eigenvalue weighted by Gasteiger charge is -2.17. The highest BCUT2D eigenvalue weighted by atomic mass is 79.9. The molecule has 0 saturated heterocycles. The molecule has 0 fully saturated rings. The van der Waals surface area contributed by atoms with E-state index in [-0.39, 0.29) is 0 Å². The maximum atomic E-state index is 4.47. The van der Waals surface area contributed by atoms with Crippen molar-refractivity contribution in [1.29, 1.82) is 0 Å². The zero-order valence-electron chi connectivity index (χ0n) is 20.5. The van der Waals surface area contributed by atoms with E-state index in [0.29, 0.717) is 11.8 Å². The third-order valence-electron chi connectivity index (χ3n) is 7.07. The molecular weight excluding hydrogens is 516 g/mol. The minimum absolute atomic E-state index is 0.320. The Labute approximate surface area is 227 Å². The van der Waals surface area contributed by atoms with Crippen LogP contribution in [0.4, 0.5) is 0 Å². The van der Waals surface area contributed by atoms with Gasteiger partial charge in [-0.05, 0) is 87.3 Å². The second-order valence-electron chi connectivity index (χ2n) is 9.59. The first-order valence-corrected chi connectivity index (χ1v) is 13.5. The van der Waals surface area contributed by atoms with Crippen molar-refractivity contribution < 1.29 is 0 Å². The van der Waals surface area contributed by atoms with Gasteiger partial charge in [-0.25, -0.2) is 0 Å². The van der Waals surface area contributed by atoms with Crippen LogP contribution in [0.15, 0.2) is 130 Å². The van der Waals surface area contributed by atoms with Crippen molar-refractivity contribution in [2.45, 2.75) is 18.3 Å². The highest BCUT2D eigenvalue weighted by Crippen LogP contribution is 2.36. The lowest BCUT2D eigenvalue weighted by molar-refractivity contribution is 0.846. The number of dihydropyridines is 1. The van der Waals surface area contributed by atoms with Gasteiger partial charge in [0.1, 0.15) is 0 Å². The maximum Gasteiger partial charge on any atom is 0.0492 e. The third-order valence-corrected chi connectivity index (χ3v) is 7.56. The molecular formula is C34H27BrN2. The summed E-state index contributed by atoms with van der Waals surface area (Å²) in [5, 5.41) is 0. The topological polar surface area (TPSA) is 24.7 Å². The monoisotopic (exact) mass is 542 g/mol. The molecule has 0 bridgehead atoms. The first kappa shape index (κ1) is 23.6. The summed E-state index contributed by atoms with van der Waals surface area (Å²) in [7, 11) is 0. The minimum Gasteiger partial charge on any atom is -0.292 e. The molecule has 6 rings (SSSR count). The highest BCUT2D eigenvalue weighted by Gasteiger charge is 2.14. The van der Waals surface area contributed by atoms with Crippen LogP contribution in [-0.4, -0.2) is 19.0 Å². The van der Waals surface area contributed by atoms with E-state index in [1.54, 1.807) is 0 Å². The van der Waals surface area contributed by atoms with Gasteiger partial charge in [-0.3, -0.25) is 9.98 Å². The Balaban J connectivity index is 1.46. The zero-order valence-corrected chi connectivity index (χ0v) is 22.1. The molecule has 0 N–H and O–H groups in total. The summed E-state index contributed by atoms with van der Waals surface area (Å²) < 4.78 is 1.08. The van der Waals surface area contributed by atoms with Crippen molar-refractivity contribution >= 4 is 28.4 Å². The van der Waals surface area contributed by atoms with Crippen LogP contribution in [0.5, 0.6) is 0 Å². The van der Waals surface area contributed by atoms with Gasteiger partial charge in [0.05, 0.1) is 0 Å². The summed E-state index contributed by atoms with van der Waals surface area (Å²) in [6.45, 7) is 0.801. The largest absolute Gasteiger partial charge is 0.292 e. The molecule has 0 aromatic heterocycles. The Morgan fingerprint density at radius 3 is 1.84 bits per heavy atom. The molecule has 37 heavy (non-hydrogen) atoms. The van der Waals surface area contributed by atoms with Crippen LogP contribution >= 0.6 is 15.9 Å². The molecule has 2 heterocycles. The van der Waals surface area contributed by atoms with Crippen LogP contribution < -0.4 is 0 Å². The lowest BCUT2D eigenvalue weighted by atomic mass is 9.89. The van der Waals surface area contributed by atoms with Crippen LogP contribution in [0.1, 0.15) is 29.4 Å². The van der Waals surface area contributed by atoms with Gasteiger partial charge in [0.2, 0.25) is 0 Å². The average Bonchev–Trinajstić information content (AvgIpc) is 2.98. The Morgan fingerprint density at radius 1 is 0.649 bits per heavy atom. The molecule has 180 valence electrons. The molecule has 2 unspecified atom stereocenters. The third kappa shape index (κ3) is 5.33. The second kappa shape index (κ2) is 10.7. The fourth-order valence-corrected chi connectivity index (χ4v) is 5.49. The van der Waals surface area contributed by atoms with Crippen molar-refractivity contribution in [3.05, 3.63) is 131 Å². The zero-order chi connectivity index (χ0) is 25.0. The van der Waals surface area contributed by atoms with Crippen LogP contribution in [0.25, 0.3) is 33.4 Å². The molecule has 0 radical (unpaired) electrons. The van der Waals surface area contributed by atoms with E-state index in [4.69, 9.17) is 0 Å². The Morgan fingerprint density at radius 2 is 1.27 bits per heavy atom. The molecule has 3 heteroatoms. The van der Waals surface area contributed by atoms with Gasteiger partial charge in [-0.15, -0.1) is 0 Å². The van der Waals surface area contributed by atoms with Gasteiger partial charge in [0.15, 0.2) is 0 Å². The number of nitrogens with zero attached hydrogens (tertiary/aromatic N) is 2. The van der Waals surface area contributed by atoms with E-state index in [0.717, 1.165) is 17.4 Å². The maximum absolute atomic E-state index is 4.47. The standard InChI is InChI=1S/C34H27BrN2/c35-34-13-3-10-28(21-34)33-19-31(26-8-1-6-24(16-26)29-11-4-14-36-22-29)18-32(20-33)27-9-2-7-25(17-27)30-12-5-15-37-23-30/h1-11,13-21,23,29-30H,12,22H2. The van der Waals surface area contributed by atoms with E-state index in [1.807, 2.05) is 18.5 Å². The molecule has 4 aromatic carbocycles. The average molecular weight is 544 g/mol. The van der Waals surface area contributed by atoms with E-state index in [2.05, 4.69) is 135 Å². The molecule has 4 aromatic rings. The number of rotatable bonds is 5.